The molecule has 0 bridgehead atoms. The monoisotopic (exact) mass is 474 g/mol. The van der Waals surface area contributed by atoms with Crippen molar-refractivity contribution in [2.24, 2.45) is 0 Å². The number of rotatable bonds is 6. The maximum Gasteiger partial charge on any atom is 0.266 e. The highest BCUT2D eigenvalue weighted by Crippen LogP contribution is 2.27. The lowest BCUT2D eigenvalue weighted by molar-refractivity contribution is -0.112. The smallest absolute Gasteiger partial charge is 0.266 e. The molecule has 0 unspecified atom stereocenters. The lowest BCUT2D eigenvalue weighted by Gasteiger charge is -2.11. The number of nitrogens with one attached hydrogen (secondary N) is 1. The summed E-state index contributed by atoms with van der Waals surface area (Å²) in [5, 5.41) is 12.4. The van der Waals surface area contributed by atoms with Gasteiger partial charge in [-0.05, 0) is 60.4 Å². The van der Waals surface area contributed by atoms with Gasteiger partial charge in [0.05, 0.1) is 7.11 Å². The second-order valence-electron chi connectivity index (χ2n) is 7.28. The average molecular weight is 475 g/mol. The fourth-order valence-electron chi connectivity index (χ4n) is 3.30. The fourth-order valence-corrected chi connectivity index (χ4v) is 3.73. The Kier molecular flexibility index (Phi) is 7.28. The summed E-state index contributed by atoms with van der Waals surface area (Å²) >= 11 is 3.58. The summed E-state index contributed by atoms with van der Waals surface area (Å²) in [6.07, 6.45) is 2.27. The van der Waals surface area contributed by atoms with Crippen LogP contribution in [0.5, 0.6) is 5.75 Å². The first-order valence-corrected chi connectivity index (χ1v) is 10.6. The van der Waals surface area contributed by atoms with E-state index >= 15 is 0 Å². The highest BCUT2D eigenvalue weighted by molar-refractivity contribution is 9.10. The van der Waals surface area contributed by atoms with Gasteiger partial charge in [-0.25, -0.2) is 0 Å². The zero-order valence-corrected chi connectivity index (χ0v) is 19.3. The quantitative estimate of drug-likeness (QED) is 0.341. The van der Waals surface area contributed by atoms with Gasteiger partial charge in [-0.3, -0.25) is 4.79 Å². The lowest BCUT2D eigenvalue weighted by atomic mass is 10.0. The van der Waals surface area contributed by atoms with Gasteiger partial charge in [-0.15, -0.1) is 0 Å². The van der Waals surface area contributed by atoms with Crippen LogP contribution in [0.25, 0.3) is 6.08 Å². The van der Waals surface area contributed by atoms with Gasteiger partial charge >= 0.3 is 0 Å². The van der Waals surface area contributed by atoms with Crippen molar-refractivity contribution in [2.45, 2.75) is 20.3 Å². The molecule has 0 spiro atoms. The van der Waals surface area contributed by atoms with E-state index in [1.54, 1.807) is 13.2 Å². The molecule has 31 heavy (non-hydrogen) atoms. The number of amides is 1. The summed E-state index contributed by atoms with van der Waals surface area (Å²) < 4.78 is 6.61. The van der Waals surface area contributed by atoms with Crippen molar-refractivity contribution < 1.29 is 9.53 Å². The summed E-state index contributed by atoms with van der Waals surface area (Å²) in [5.74, 6) is 0.266. The van der Waals surface area contributed by atoms with Crippen molar-refractivity contribution in [3.8, 4) is 11.8 Å². The Morgan fingerprint density at radius 2 is 1.87 bits per heavy atom. The minimum absolute atomic E-state index is 0.0283. The number of hydrogen-bond donors (Lipinski definition) is 1. The van der Waals surface area contributed by atoms with Crippen LogP contribution in [0.2, 0.25) is 0 Å². The van der Waals surface area contributed by atoms with Crippen LogP contribution in [0.15, 0.2) is 70.7 Å². The highest BCUT2D eigenvalue weighted by Gasteiger charge is 2.12. The number of nitriles is 1. The number of methoxy groups -OCH3 is 1. The molecule has 3 rings (SSSR count). The Hall–Kier alpha value is -3.36. The third-order valence-electron chi connectivity index (χ3n) is 4.96. The molecule has 0 aliphatic rings. The van der Waals surface area contributed by atoms with E-state index in [0.29, 0.717) is 17.9 Å². The van der Waals surface area contributed by atoms with Gasteiger partial charge in [-0.2, -0.15) is 5.26 Å². The zero-order chi connectivity index (χ0) is 22.4. The van der Waals surface area contributed by atoms with Crippen LogP contribution in [0, 0.1) is 25.2 Å². The van der Waals surface area contributed by atoms with E-state index in [-0.39, 0.29) is 5.57 Å². The second-order valence-corrected chi connectivity index (χ2v) is 8.14. The van der Waals surface area contributed by atoms with Crippen LogP contribution in [0.1, 0.15) is 27.8 Å². The van der Waals surface area contributed by atoms with Gasteiger partial charge in [0.25, 0.3) is 5.91 Å². The molecule has 5 heteroatoms. The third kappa shape index (κ3) is 5.62. The van der Waals surface area contributed by atoms with Crippen molar-refractivity contribution >= 4 is 33.6 Å². The van der Waals surface area contributed by atoms with Gasteiger partial charge < -0.3 is 10.1 Å². The van der Waals surface area contributed by atoms with Crippen LogP contribution in [0.3, 0.4) is 0 Å². The molecule has 0 heterocycles. The number of carbonyl (C=O) groups excluding carboxylic acids is 1. The molecule has 0 saturated carbocycles. The van der Waals surface area contributed by atoms with Crippen LogP contribution < -0.4 is 10.1 Å². The van der Waals surface area contributed by atoms with E-state index in [0.717, 1.165) is 32.3 Å². The number of aryl methyl sites for hydroxylation is 2. The van der Waals surface area contributed by atoms with E-state index in [4.69, 9.17) is 4.74 Å². The Morgan fingerprint density at radius 3 is 2.55 bits per heavy atom. The van der Waals surface area contributed by atoms with E-state index < -0.39 is 5.91 Å². The molecular formula is C26H23BrN2O2. The summed E-state index contributed by atoms with van der Waals surface area (Å²) in [6.45, 7) is 3.92. The van der Waals surface area contributed by atoms with Crippen LogP contribution in [-0.4, -0.2) is 13.0 Å². The molecule has 0 radical (unpaired) electrons. The summed E-state index contributed by atoms with van der Waals surface area (Å²) in [4.78, 5) is 12.6. The Balaban J connectivity index is 1.84. The predicted molar refractivity (Wildman–Crippen MR) is 128 cm³/mol. The molecule has 4 nitrogen and oxygen atoms in total. The molecule has 0 aliphatic heterocycles. The van der Waals surface area contributed by atoms with Gasteiger partial charge in [0.15, 0.2) is 0 Å². The standard InChI is InChI=1S/C26H23BrN2O2/c1-17-8-11-24(18(2)12-17)29-26(30)22(16-28)13-19-9-10-21(25(14-19)31-3)15-20-6-4-5-7-23(20)27/h4-14H,15H2,1-3H3,(H,29,30)/b22-13+. The first-order chi connectivity index (χ1) is 14.9. The van der Waals surface area contributed by atoms with Crippen molar-refractivity contribution in [1.82, 2.24) is 0 Å². The average Bonchev–Trinajstić information content (AvgIpc) is 2.76. The van der Waals surface area contributed by atoms with E-state index in [2.05, 4.69) is 27.3 Å². The number of halogens is 1. The van der Waals surface area contributed by atoms with Crippen molar-refractivity contribution in [1.29, 1.82) is 5.26 Å². The van der Waals surface area contributed by atoms with Gasteiger partial charge in [0.2, 0.25) is 0 Å². The topological polar surface area (TPSA) is 62.1 Å². The van der Waals surface area contributed by atoms with E-state index in [1.807, 2.05) is 74.5 Å². The van der Waals surface area contributed by atoms with Crippen LogP contribution in [0.4, 0.5) is 5.69 Å². The summed E-state index contributed by atoms with van der Waals surface area (Å²) in [7, 11) is 1.62. The molecule has 156 valence electrons. The minimum Gasteiger partial charge on any atom is -0.496 e. The van der Waals surface area contributed by atoms with Crippen LogP contribution in [-0.2, 0) is 11.2 Å². The fraction of sp³-hybridized carbons (Fsp3) is 0.154. The van der Waals surface area contributed by atoms with Gasteiger partial charge in [0, 0.05) is 16.6 Å². The maximum atomic E-state index is 12.6. The highest BCUT2D eigenvalue weighted by atomic mass is 79.9. The normalized spacial score (nSPS) is 11.0. The number of ether oxygens (including phenoxy) is 1. The molecule has 1 N–H and O–H groups in total. The molecule has 0 atom stereocenters. The number of nitrogens with zero attached hydrogens (tertiary/aromatic N) is 1. The van der Waals surface area contributed by atoms with Crippen molar-refractivity contribution in [3.63, 3.8) is 0 Å². The first-order valence-electron chi connectivity index (χ1n) is 9.82. The Bertz CT molecular complexity index is 1190. The Morgan fingerprint density at radius 1 is 1.10 bits per heavy atom. The molecule has 0 fully saturated rings. The van der Waals surface area contributed by atoms with Crippen molar-refractivity contribution in [2.75, 3.05) is 12.4 Å². The molecule has 3 aromatic carbocycles. The Labute approximate surface area is 191 Å². The number of hydrogen-bond acceptors (Lipinski definition) is 3. The van der Waals surface area contributed by atoms with E-state index in [1.165, 1.54) is 0 Å². The predicted octanol–water partition coefficient (Wildman–Crippen LogP) is 6.21. The number of benzene rings is 3. The van der Waals surface area contributed by atoms with E-state index in [9.17, 15) is 10.1 Å². The molecule has 3 aromatic rings. The molecular weight excluding hydrogens is 452 g/mol. The maximum absolute atomic E-state index is 12.6. The third-order valence-corrected chi connectivity index (χ3v) is 5.73. The first kappa shape index (κ1) is 22.3. The molecule has 0 aromatic heterocycles. The second kappa shape index (κ2) is 10.1. The minimum atomic E-state index is -0.439. The lowest BCUT2D eigenvalue weighted by Crippen LogP contribution is -2.14. The zero-order valence-electron chi connectivity index (χ0n) is 17.7. The molecule has 1 amide bonds. The largest absolute Gasteiger partial charge is 0.496 e. The van der Waals surface area contributed by atoms with Gasteiger partial charge in [-0.1, -0.05) is 64.0 Å². The SMILES string of the molecule is COc1cc(/C=C(\C#N)C(=O)Nc2ccc(C)cc2C)ccc1Cc1ccccc1Br. The number of anilines is 1. The summed E-state index contributed by atoms with van der Waals surface area (Å²) in [5.41, 5.74) is 5.67. The van der Waals surface area contributed by atoms with Crippen molar-refractivity contribution in [3.05, 3.63) is 98.5 Å². The molecule has 0 aliphatic carbocycles. The molecule has 0 saturated heterocycles. The van der Waals surface area contributed by atoms with Gasteiger partial charge in [0.1, 0.15) is 17.4 Å². The summed E-state index contributed by atoms with van der Waals surface area (Å²) in [6, 6.07) is 21.5. The van der Waals surface area contributed by atoms with Crippen LogP contribution >= 0.6 is 15.9 Å². The number of carbonyl (C=O) groups is 1.